The lowest BCUT2D eigenvalue weighted by Crippen LogP contribution is -2.34. The average Bonchev–Trinajstić information content (AvgIpc) is 3.23. The van der Waals surface area contributed by atoms with Crippen molar-refractivity contribution in [2.75, 3.05) is 25.1 Å². The first-order chi connectivity index (χ1) is 11.5. The molecule has 2 heterocycles. The number of carbonyl (C=O) groups excluding carboxylic acids is 1. The van der Waals surface area contributed by atoms with E-state index < -0.39 is 22.2 Å². The Kier molecular flexibility index (Phi) is 4.74. The van der Waals surface area contributed by atoms with Crippen molar-refractivity contribution in [3.8, 4) is 5.75 Å². The number of hydrogen-bond acceptors (Lipinski definition) is 6. The van der Waals surface area contributed by atoms with Crippen LogP contribution in [-0.4, -0.2) is 40.8 Å². The van der Waals surface area contributed by atoms with Gasteiger partial charge < -0.3 is 9.47 Å². The molecule has 2 aromatic rings. The Morgan fingerprint density at radius 2 is 2.08 bits per heavy atom. The second kappa shape index (κ2) is 6.80. The van der Waals surface area contributed by atoms with Crippen LogP contribution in [0.3, 0.4) is 0 Å². The predicted octanol–water partition coefficient (Wildman–Crippen LogP) is 2.06. The summed E-state index contributed by atoms with van der Waals surface area (Å²) in [7, 11) is -2.01. The number of anilines is 1. The summed E-state index contributed by atoms with van der Waals surface area (Å²) in [5.74, 6) is 0.687. The maximum Gasteiger partial charge on any atom is 0.414 e. The smallest absolute Gasteiger partial charge is 0.414 e. The molecule has 0 spiro atoms. The summed E-state index contributed by atoms with van der Waals surface area (Å²) in [4.78, 5) is 13.5. The molecular formula is C15H16N2O5S2. The summed E-state index contributed by atoms with van der Waals surface area (Å²) in [5.41, 5.74) is 0.671. The van der Waals surface area contributed by atoms with E-state index in [9.17, 15) is 13.2 Å². The molecule has 1 fully saturated rings. The second-order valence-electron chi connectivity index (χ2n) is 5.10. The zero-order valence-electron chi connectivity index (χ0n) is 12.8. The molecule has 1 atom stereocenters. The van der Waals surface area contributed by atoms with Crippen molar-refractivity contribution in [2.45, 2.75) is 10.3 Å². The number of nitrogens with one attached hydrogen (secondary N) is 1. The van der Waals surface area contributed by atoms with Crippen LogP contribution < -0.4 is 14.4 Å². The molecule has 0 radical (unpaired) electrons. The predicted molar refractivity (Wildman–Crippen MR) is 90.1 cm³/mol. The van der Waals surface area contributed by atoms with Gasteiger partial charge in [-0.3, -0.25) is 4.90 Å². The first-order valence-electron chi connectivity index (χ1n) is 7.15. The van der Waals surface area contributed by atoms with Crippen LogP contribution >= 0.6 is 11.3 Å². The van der Waals surface area contributed by atoms with Crippen molar-refractivity contribution < 1.29 is 22.7 Å². The average molecular weight is 368 g/mol. The number of ether oxygens (including phenoxy) is 2. The highest BCUT2D eigenvalue weighted by molar-refractivity contribution is 7.91. The standard InChI is InChI=1S/C15H16N2O5S2/c1-21-12-6-4-11(5-7-12)17-10-13(22-15(17)18)9-16-24(19,20)14-3-2-8-23-14/h2-8,13,16H,9-10H2,1H3. The fourth-order valence-electron chi connectivity index (χ4n) is 2.29. The molecule has 3 rings (SSSR count). The van der Waals surface area contributed by atoms with Crippen molar-refractivity contribution in [3.63, 3.8) is 0 Å². The molecule has 1 unspecified atom stereocenters. The van der Waals surface area contributed by atoms with Crippen molar-refractivity contribution in [3.05, 3.63) is 41.8 Å². The molecule has 1 aliphatic rings. The molecule has 0 saturated carbocycles. The molecule has 7 nitrogen and oxygen atoms in total. The number of hydrogen-bond donors (Lipinski definition) is 1. The maximum absolute atomic E-state index is 12.1. The van der Waals surface area contributed by atoms with Crippen molar-refractivity contribution in [2.24, 2.45) is 0 Å². The summed E-state index contributed by atoms with van der Waals surface area (Å²) < 4.78 is 37.2. The lowest BCUT2D eigenvalue weighted by molar-refractivity contribution is 0.143. The number of carbonyl (C=O) groups is 1. The zero-order valence-corrected chi connectivity index (χ0v) is 14.5. The van der Waals surface area contributed by atoms with Crippen molar-refractivity contribution in [1.29, 1.82) is 0 Å². The van der Waals surface area contributed by atoms with Gasteiger partial charge in [0.25, 0.3) is 0 Å². The number of thiophene rings is 1. The van der Waals surface area contributed by atoms with E-state index in [2.05, 4.69) is 4.72 Å². The van der Waals surface area contributed by atoms with Crippen LogP contribution in [0.25, 0.3) is 0 Å². The highest BCUT2D eigenvalue weighted by atomic mass is 32.2. The van der Waals surface area contributed by atoms with Gasteiger partial charge in [-0.05, 0) is 35.7 Å². The maximum atomic E-state index is 12.1. The molecule has 9 heteroatoms. The molecule has 1 aromatic heterocycles. The number of benzene rings is 1. The van der Waals surface area contributed by atoms with E-state index in [0.717, 1.165) is 11.3 Å². The van der Waals surface area contributed by atoms with E-state index in [1.807, 2.05) is 0 Å². The van der Waals surface area contributed by atoms with Gasteiger partial charge in [0.15, 0.2) is 0 Å². The molecule has 1 N–H and O–H groups in total. The highest BCUT2D eigenvalue weighted by Crippen LogP contribution is 2.24. The zero-order chi connectivity index (χ0) is 17.2. The van der Waals surface area contributed by atoms with Gasteiger partial charge in [0.05, 0.1) is 13.7 Å². The van der Waals surface area contributed by atoms with Gasteiger partial charge in [-0.25, -0.2) is 17.9 Å². The number of methoxy groups -OCH3 is 1. The summed E-state index contributed by atoms with van der Waals surface area (Å²) >= 11 is 1.13. The van der Waals surface area contributed by atoms with Crippen LogP contribution in [0.2, 0.25) is 0 Å². The van der Waals surface area contributed by atoms with Crippen molar-refractivity contribution in [1.82, 2.24) is 4.72 Å². The monoisotopic (exact) mass is 368 g/mol. The van der Waals surface area contributed by atoms with Gasteiger partial charge in [0.2, 0.25) is 10.0 Å². The number of cyclic esters (lactones) is 1. The molecule has 24 heavy (non-hydrogen) atoms. The van der Waals surface area contributed by atoms with Crippen LogP contribution in [-0.2, 0) is 14.8 Å². The minimum Gasteiger partial charge on any atom is -0.497 e. The fraction of sp³-hybridized carbons (Fsp3) is 0.267. The van der Waals surface area contributed by atoms with Crippen LogP contribution in [0.1, 0.15) is 0 Å². The first kappa shape index (κ1) is 16.7. The number of nitrogens with zero attached hydrogens (tertiary/aromatic N) is 1. The largest absolute Gasteiger partial charge is 0.497 e. The Balaban J connectivity index is 1.62. The summed E-state index contributed by atoms with van der Waals surface area (Å²) in [6, 6.07) is 10.2. The summed E-state index contributed by atoms with van der Waals surface area (Å²) in [5, 5.41) is 1.69. The summed E-state index contributed by atoms with van der Waals surface area (Å²) in [6.07, 6.45) is -1.05. The third kappa shape index (κ3) is 3.53. The topological polar surface area (TPSA) is 84.9 Å². The third-order valence-electron chi connectivity index (χ3n) is 3.52. The van der Waals surface area contributed by atoms with Crippen LogP contribution in [0.5, 0.6) is 5.75 Å². The molecule has 1 aromatic carbocycles. The molecule has 1 saturated heterocycles. The molecule has 1 aliphatic heterocycles. The molecule has 128 valence electrons. The number of rotatable bonds is 6. The highest BCUT2D eigenvalue weighted by Gasteiger charge is 2.33. The van der Waals surface area contributed by atoms with Gasteiger partial charge in [0, 0.05) is 12.2 Å². The van der Waals surface area contributed by atoms with Crippen LogP contribution in [0, 0.1) is 0 Å². The van der Waals surface area contributed by atoms with E-state index in [-0.39, 0.29) is 17.3 Å². The normalized spacial score (nSPS) is 17.8. The lowest BCUT2D eigenvalue weighted by Gasteiger charge is -2.13. The van der Waals surface area contributed by atoms with Crippen LogP contribution in [0.15, 0.2) is 46.0 Å². The van der Waals surface area contributed by atoms with Gasteiger partial charge in [-0.15, -0.1) is 11.3 Å². The molecule has 0 bridgehead atoms. The fourth-order valence-corrected chi connectivity index (χ4v) is 4.39. The minimum absolute atomic E-state index is 0.0264. The Bertz CT molecular complexity index is 803. The second-order valence-corrected chi connectivity index (χ2v) is 8.04. The SMILES string of the molecule is COc1ccc(N2CC(CNS(=O)(=O)c3cccs3)OC2=O)cc1. The lowest BCUT2D eigenvalue weighted by atomic mass is 10.2. The van der Waals surface area contributed by atoms with Gasteiger partial charge in [-0.1, -0.05) is 6.07 Å². The number of sulfonamides is 1. The first-order valence-corrected chi connectivity index (χ1v) is 9.51. The molecule has 1 amide bonds. The van der Waals surface area contributed by atoms with Gasteiger partial charge >= 0.3 is 6.09 Å². The molecular weight excluding hydrogens is 352 g/mol. The van der Waals surface area contributed by atoms with E-state index in [1.165, 1.54) is 11.0 Å². The summed E-state index contributed by atoms with van der Waals surface area (Å²) in [6.45, 7) is 0.302. The van der Waals surface area contributed by atoms with E-state index >= 15 is 0 Å². The van der Waals surface area contributed by atoms with Gasteiger partial charge in [0.1, 0.15) is 16.1 Å². The minimum atomic E-state index is -3.57. The quantitative estimate of drug-likeness (QED) is 0.844. The Morgan fingerprint density at radius 1 is 1.33 bits per heavy atom. The third-order valence-corrected chi connectivity index (χ3v) is 6.34. The Hall–Kier alpha value is -2.10. The van der Waals surface area contributed by atoms with E-state index in [1.54, 1.807) is 42.8 Å². The van der Waals surface area contributed by atoms with Crippen LogP contribution in [0.4, 0.5) is 10.5 Å². The Labute approximate surface area is 143 Å². The van der Waals surface area contributed by atoms with Gasteiger partial charge in [-0.2, -0.15) is 0 Å². The number of amides is 1. The Morgan fingerprint density at radius 3 is 2.71 bits per heavy atom. The molecule has 0 aliphatic carbocycles. The van der Waals surface area contributed by atoms with E-state index in [4.69, 9.17) is 9.47 Å². The van der Waals surface area contributed by atoms with Crippen molar-refractivity contribution >= 4 is 33.1 Å². The van der Waals surface area contributed by atoms with E-state index in [0.29, 0.717) is 11.4 Å².